The molecule has 0 spiro atoms. The van der Waals surface area contributed by atoms with E-state index in [9.17, 15) is 8.42 Å². The van der Waals surface area contributed by atoms with E-state index in [2.05, 4.69) is 10.4 Å². The molecule has 2 aromatic rings. The third-order valence-electron chi connectivity index (χ3n) is 3.13. The van der Waals surface area contributed by atoms with Crippen LogP contribution in [0.4, 0.5) is 5.69 Å². The number of rotatable bonds is 5. The number of sulfonamides is 1. The van der Waals surface area contributed by atoms with E-state index in [1.54, 1.807) is 23.9 Å². The quantitative estimate of drug-likeness (QED) is 0.858. The van der Waals surface area contributed by atoms with Gasteiger partial charge in [0, 0.05) is 19.3 Å². The zero-order valence-electron chi connectivity index (χ0n) is 12.1. The second kappa shape index (κ2) is 5.74. The standard InChI is InChI=1S/C13H18N4O3S/c1-9-12(13(20-3)17(2)16-9)8-15-10-4-6-11(7-5-10)21(14,18)19/h4-7,15H,8H2,1-3H3,(H2,14,18,19). The van der Waals surface area contributed by atoms with Crippen LogP contribution in [0.2, 0.25) is 0 Å². The van der Waals surface area contributed by atoms with Crippen molar-refractivity contribution in [2.45, 2.75) is 18.4 Å². The highest BCUT2D eigenvalue weighted by Gasteiger charge is 2.13. The summed E-state index contributed by atoms with van der Waals surface area (Å²) in [7, 11) is -0.248. The minimum atomic E-state index is -3.66. The van der Waals surface area contributed by atoms with Crippen molar-refractivity contribution in [3.05, 3.63) is 35.5 Å². The number of aryl methyl sites for hydroxylation is 2. The molecule has 0 aliphatic carbocycles. The van der Waals surface area contributed by atoms with Crippen molar-refractivity contribution in [1.29, 1.82) is 0 Å². The zero-order valence-corrected chi connectivity index (χ0v) is 12.9. The molecule has 0 unspecified atom stereocenters. The molecule has 2 rings (SSSR count). The van der Waals surface area contributed by atoms with Crippen LogP contribution in [-0.2, 0) is 23.6 Å². The Kier molecular flexibility index (Phi) is 4.19. The Morgan fingerprint density at radius 1 is 1.33 bits per heavy atom. The summed E-state index contributed by atoms with van der Waals surface area (Å²) >= 11 is 0. The molecule has 0 amide bonds. The number of nitrogens with zero attached hydrogens (tertiary/aromatic N) is 2. The lowest BCUT2D eigenvalue weighted by Gasteiger charge is -2.08. The van der Waals surface area contributed by atoms with Gasteiger partial charge in [0.25, 0.3) is 0 Å². The third-order valence-corrected chi connectivity index (χ3v) is 4.06. The van der Waals surface area contributed by atoms with Crippen LogP contribution in [0.25, 0.3) is 0 Å². The first-order valence-corrected chi connectivity index (χ1v) is 7.80. The number of benzene rings is 1. The highest BCUT2D eigenvalue weighted by Crippen LogP contribution is 2.22. The Morgan fingerprint density at radius 3 is 2.48 bits per heavy atom. The monoisotopic (exact) mass is 310 g/mol. The van der Waals surface area contributed by atoms with E-state index in [0.717, 1.165) is 16.9 Å². The van der Waals surface area contributed by atoms with E-state index in [0.29, 0.717) is 12.4 Å². The molecule has 3 N–H and O–H groups in total. The van der Waals surface area contributed by atoms with Gasteiger partial charge in [-0.1, -0.05) is 0 Å². The van der Waals surface area contributed by atoms with Crippen molar-refractivity contribution in [2.24, 2.45) is 12.2 Å². The molecule has 0 fully saturated rings. The van der Waals surface area contributed by atoms with Gasteiger partial charge in [0.05, 0.1) is 23.3 Å². The fourth-order valence-corrected chi connectivity index (χ4v) is 2.61. The molecule has 0 atom stereocenters. The predicted octanol–water partition coefficient (Wildman–Crippen LogP) is 0.997. The number of methoxy groups -OCH3 is 1. The summed E-state index contributed by atoms with van der Waals surface area (Å²) in [5.74, 6) is 0.696. The predicted molar refractivity (Wildman–Crippen MR) is 79.6 cm³/mol. The van der Waals surface area contributed by atoms with Crippen molar-refractivity contribution in [3.8, 4) is 5.88 Å². The average Bonchev–Trinajstić information content (AvgIpc) is 2.69. The molecule has 1 heterocycles. The average molecular weight is 310 g/mol. The first kappa shape index (κ1) is 15.3. The van der Waals surface area contributed by atoms with Gasteiger partial charge in [0.15, 0.2) is 0 Å². The largest absolute Gasteiger partial charge is 0.481 e. The first-order chi connectivity index (χ1) is 9.82. The minimum Gasteiger partial charge on any atom is -0.481 e. The maximum absolute atomic E-state index is 11.2. The molecule has 7 nitrogen and oxygen atoms in total. The fourth-order valence-electron chi connectivity index (χ4n) is 2.09. The minimum absolute atomic E-state index is 0.0863. The molecule has 0 saturated heterocycles. The molecule has 0 aliphatic heterocycles. The fraction of sp³-hybridized carbons (Fsp3) is 0.308. The molecule has 0 bridgehead atoms. The van der Waals surface area contributed by atoms with Gasteiger partial charge in [-0.2, -0.15) is 5.10 Å². The van der Waals surface area contributed by atoms with Gasteiger partial charge in [-0.25, -0.2) is 18.2 Å². The highest BCUT2D eigenvalue weighted by atomic mass is 32.2. The van der Waals surface area contributed by atoms with E-state index in [-0.39, 0.29) is 4.90 Å². The summed E-state index contributed by atoms with van der Waals surface area (Å²) < 4.78 is 29.4. The van der Waals surface area contributed by atoms with Crippen molar-refractivity contribution >= 4 is 15.7 Å². The summed E-state index contributed by atoms with van der Waals surface area (Å²) in [6.07, 6.45) is 0. The number of aromatic nitrogens is 2. The lowest BCUT2D eigenvalue weighted by molar-refractivity contribution is 0.370. The normalized spacial score (nSPS) is 11.4. The summed E-state index contributed by atoms with van der Waals surface area (Å²) in [6, 6.07) is 6.26. The maximum atomic E-state index is 11.2. The van der Waals surface area contributed by atoms with Crippen LogP contribution in [0.1, 0.15) is 11.3 Å². The molecule has 8 heteroatoms. The van der Waals surface area contributed by atoms with Crippen LogP contribution in [0.15, 0.2) is 29.2 Å². The molecule has 0 saturated carbocycles. The summed E-state index contributed by atoms with van der Waals surface area (Å²) in [5, 5.41) is 12.6. The third kappa shape index (κ3) is 3.34. The van der Waals surface area contributed by atoms with Crippen LogP contribution < -0.4 is 15.2 Å². The lowest BCUT2D eigenvalue weighted by atomic mass is 10.2. The topological polar surface area (TPSA) is 99.2 Å². The van der Waals surface area contributed by atoms with Gasteiger partial charge in [0.2, 0.25) is 15.9 Å². The Balaban J connectivity index is 2.14. The lowest BCUT2D eigenvalue weighted by Crippen LogP contribution is -2.12. The molecular weight excluding hydrogens is 292 g/mol. The number of anilines is 1. The molecule has 0 aliphatic rings. The van der Waals surface area contributed by atoms with Gasteiger partial charge in [-0.05, 0) is 31.2 Å². The summed E-state index contributed by atoms with van der Waals surface area (Å²) in [6.45, 7) is 2.43. The van der Waals surface area contributed by atoms with Crippen molar-refractivity contribution in [1.82, 2.24) is 9.78 Å². The van der Waals surface area contributed by atoms with E-state index in [1.807, 2.05) is 14.0 Å². The van der Waals surface area contributed by atoms with Crippen LogP contribution in [0, 0.1) is 6.92 Å². The van der Waals surface area contributed by atoms with Crippen molar-refractivity contribution in [3.63, 3.8) is 0 Å². The molecule has 1 aromatic heterocycles. The second-order valence-electron chi connectivity index (χ2n) is 4.62. The van der Waals surface area contributed by atoms with Crippen molar-refractivity contribution in [2.75, 3.05) is 12.4 Å². The van der Waals surface area contributed by atoms with Crippen molar-refractivity contribution < 1.29 is 13.2 Å². The molecule has 1 aromatic carbocycles. The Hall–Kier alpha value is -2.06. The van der Waals surface area contributed by atoms with Gasteiger partial charge >= 0.3 is 0 Å². The van der Waals surface area contributed by atoms with Gasteiger partial charge in [-0.3, -0.25) is 0 Å². The number of nitrogens with two attached hydrogens (primary N) is 1. The Morgan fingerprint density at radius 2 is 1.95 bits per heavy atom. The molecule has 114 valence electrons. The number of hydrogen-bond acceptors (Lipinski definition) is 5. The van der Waals surface area contributed by atoms with Crippen LogP contribution >= 0.6 is 0 Å². The van der Waals surface area contributed by atoms with Crippen LogP contribution in [0.3, 0.4) is 0 Å². The van der Waals surface area contributed by atoms with E-state index < -0.39 is 10.0 Å². The number of hydrogen-bond donors (Lipinski definition) is 2. The zero-order chi connectivity index (χ0) is 15.6. The number of ether oxygens (including phenoxy) is 1. The Bertz CT molecular complexity index is 736. The van der Waals surface area contributed by atoms with Crippen LogP contribution in [0.5, 0.6) is 5.88 Å². The second-order valence-corrected chi connectivity index (χ2v) is 6.18. The SMILES string of the molecule is COc1c(CNc2ccc(S(N)(=O)=O)cc2)c(C)nn1C. The van der Waals surface area contributed by atoms with E-state index in [1.165, 1.54) is 12.1 Å². The van der Waals surface area contributed by atoms with Gasteiger partial charge in [-0.15, -0.1) is 0 Å². The maximum Gasteiger partial charge on any atom is 0.238 e. The van der Waals surface area contributed by atoms with Crippen LogP contribution in [-0.4, -0.2) is 25.3 Å². The van der Waals surface area contributed by atoms with Gasteiger partial charge < -0.3 is 10.1 Å². The smallest absolute Gasteiger partial charge is 0.238 e. The molecule has 21 heavy (non-hydrogen) atoms. The highest BCUT2D eigenvalue weighted by molar-refractivity contribution is 7.89. The van der Waals surface area contributed by atoms with E-state index >= 15 is 0 Å². The number of primary sulfonamides is 1. The van der Waals surface area contributed by atoms with Gasteiger partial charge in [0.1, 0.15) is 0 Å². The van der Waals surface area contributed by atoms with E-state index in [4.69, 9.17) is 9.88 Å². The summed E-state index contributed by atoms with van der Waals surface area (Å²) in [5.41, 5.74) is 2.62. The first-order valence-electron chi connectivity index (χ1n) is 6.26. The molecule has 0 radical (unpaired) electrons. The Labute approximate surface area is 123 Å². The summed E-state index contributed by atoms with van der Waals surface area (Å²) in [4.78, 5) is 0.0863. The number of nitrogens with one attached hydrogen (secondary N) is 1. The molecular formula is C13H18N4O3S.